The van der Waals surface area contributed by atoms with Crippen molar-refractivity contribution >= 4 is 5.95 Å². The standard InChI is InChI=1S/C9H15N3O/c1-6(2)13-8-7(3)5-11-9(10-4)12-8/h5-6H,1-4H3,(H,10,11,12). The second-order valence-corrected chi connectivity index (χ2v) is 3.10. The van der Waals surface area contributed by atoms with Crippen molar-refractivity contribution in [2.24, 2.45) is 0 Å². The molecule has 1 aromatic rings. The Hall–Kier alpha value is -1.32. The van der Waals surface area contributed by atoms with Crippen LogP contribution in [-0.2, 0) is 0 Å². The number of aryl methyl sites for hydroxylation is 1. The number of rotatable bonds is 3. The van der Waals surface area contributed by atoms with Crippen LogP contribution in [0, 0.1) is 6.92 Å². The number of ether oxygens (including phenoxy) is 1. The smallest absolute Gasteiger partial charge is 0.225 e. The SMILES string of the molecule is CNc1ncc(C)c(OC(C)C)n1. The number of aromatic nitrogens is 2. The van der Waals surface area contributed by atoms with Gasteiger partial charge >= 0.3 is 0 Å². The van der Waals surface area contributed by atoms with Crippen molar-refractivity contribution in [2.45, 2.75) is 26.9 Å². The van der Waals surface area contributed by atoms with Gasteiger partial charge in [-0.1, -0.05) is 0 Å². The van der Waals surface area contributed by atoms with Crippen LogP contribution in [0.3, 0.4) is 0 Å². The van der Waals surface area contributed by atoms with E-state index < -0.39 is 0 Å². The van der Waals surface area contributed by atoms with E-state index in [-0.39, 0.29) is 6.10 Å². The van der Waals surface area contributed by atoms with Crippen LogP contribution in [0.4, 0.5) is 5.95 Å². The minimum absolute atomic E-state index is 0.137. The summed E-state index contributed by atoms with van der Waals surface area (Å²) in [4.78, 5) is 8.25. The second kappa shape index (κ2) is 4.07. The highest BCUT2D eigenvalue weighted by atomic mass is 16.5. The largest absolute Gasteiger partial charge is 0.475 e. The molecule has 0 saturated carbocycles. The Labute approximate surface area is 78.4 Å². The van der Waals surface area contributed by atoms with Gasteiger partial charge in [-0.3, -0.25) is 0 Å². The third-order valence-electron chi connectivity index (χ3n) is 1.50. The highest BCUT2D eigenvalue weighted by Gasteiger charge is 2.05. The van der Waals surface area contributed by atoms with Crippen LogP contribution in [-0.4, -0.2) is 23.1 Å². The van der Waals surface area contributed by atoms with Gasteiger partial charge in [0.05, 0.1) is 6.10 Å². The molecule has 13 heavy (non-hydrogen) atoms. The Morgan fingerprint density at radius 2 is 2.15 bits per heavy atom. The monoisotopic (exact) mass is 181 g/mol. The van der Waals surface area contributed by atoms with Crippen molar-refractivity contribution in [3.8, 4) is 5.88 Å². The zero-order valence-corrected chi connectivity index (χ0v) is 8.46. The molecule has 0 aliphatic carbocycles. The van der Waals surface area contributed by atoms with Gasteiger partial charge in [0.1, 0.15) is 0 Å². The van der Waals surface area contributed by atoms with Crippen LogP contribution in [0.25, 0.3) is 0 Å². The van der Waals surface area contributed by atoms with E-state index in [0.29, 0.717) is 11.8 Å². The fourth-order valence-electron chi connectivity index (χ4n) is 0.889. The van der Waals surface area contributed by atoms with Crippen LogP contribution < -0.4 is 10.1 Å². The Morgan fingerprint density at radius 3 is 2.69 bits per heavy atom. The summed E-state index contributed by atoms with van der Waals surface area (Å²) in [6.45, 7) is 5.87. The normalized spacial score (nSPS) is 10.2. The van der Waals surface area contributed by atoms with Crippen LogP contribution in [0.2, 0.25) is 0 Å². The predicted octanol–water partition coefficient (Wildman–Crippen LogP) is 1.61. The van der Waals surface area contributed by atoms with Crippen molar-refractivity contribution < 1.29 is 4.74 Å². The summed E-state index contributed by atoms with van der Waals surface area (Å²) in [5.74, 6) is 1.23. The minimum Gasteiger partial charge on any atom is -0.475 e. The van der Waals surface area contributed by atoms with E-state index in [1.807, 2.05) is 20.8 Å². The molecule has 0 bridgehead atoms. The molecule has 1 N–H and O–H groups in total. The Kier molecular flexibility index (Phi) is 3.06. The number of nitrogens with one attached hydrogen (secondary N) is 1. The lowest BCUT2D eigenvalue weighted by molar-refractivity contribution is 0.231. The second-order valence-electron chi connectivity index (χ2n) is 3.10. The number of hydrogen-bond acceptors (Lipinski definition) is 4. The van der Waals surface area contributed by atoms with Gasteiger partial charge < -0.3 is 10.1 Å². The van der Waals surface area contributed by atoms with Crippen molar-refractivity contribution in [3.05, 3.63) is 11.8 Å². The third-order valence-corrected chi connectivity index (χ3v) is 1.50. The van der Waals surface area contributed by atoms with Gasteiger partial charge in [-0.2, -0.15) is 4.98 Å². The topological polar surface area (TPSA) is 47.0 Å². The average Bonchev–Trinajstić information content (AvgIpc) is 2.08. The molecule has 0 aliphatic rings. The van der Waals surface area contributed by atoms with E-state index >= 15 is 0 Å². The van der Waals surface area contributed by atoms with Gasteiger partial charge in [-0.05, 0) is 20.8 Å². The van der Waals surface area contributed by atoms with E-state index in [9.17, 15) is 0 Å². The van der Waals surface area contributed by atoms with Gasteiger partial charge in [0, 0.05) is 18.8 Å². The molecule has 0 aromatic carbocycles. The van der Waals surface area contributed by atoms with Gasteiger partial charge in [0.25, 0.3) is 0 Å². The number of nitrogens with zero attached hydrogens (tertiary/aromatic N) is 2. The summed E-state index contributed by atoms with van der Waals surface area (Å²) in [7, 11) is 1.78. The van der Waals surface area contributed by atoms with Gasteiger partial charge in [-0.15, -0.1) is 0 Å². The van der Waals surface area contributed by atoms with E-state index in [1.165, 1.54) is 0 Å². The first-order chi connectivity index (χ1) is 6.13. The maximum atomic E-state index is 5.50. The average molecular weight is 181 g/mol. The summed E-state index contributed by atoms with van der Waals surface area (Å²) in [5.41, 5.74) is 0.952. The molecule has 0 radical (unpaired) electrons. The molecular formula is C9H15N3O. The molecule has 0 atom stereocenters. The van der Waals surface area contributed by atoms with Crippen molar-refractivity contribution in [1.29, 1.82) is 0 Å². The van der Waals surface area contributed by atoms with Crippen LogP contribution in [0.15, 0.2) is 6.20 Å². The Balaban J connectivity index is 2.90. The van der Waals surface area contributed by atoms with Gasteiger partial charge in [0.15, 0.2) is 0 Å². The molecule has 0 saturated heterocycles. The number of anilines is 1. The molecule has 0 aliphatic heterocycles. The van der Waals surface area contributed by atoms with Crippen molar-refractivity contribution in [1.82, 2.24) is 9.97 Å². The molecule has 1 heterocycles. The van der Waals surface area contributed by atoms with Crippen LogP contribution >= 0.6 is 0 Å². The van der Waals surface area contributed by atoms with Gasteiger partial charge in [-0.25, -0.2) is 4.98 Å². The zero-order chi connectivity index (χ0) is 9.84. The lowest BCUT2D eigenvalue weighted by Crippen LogP contribution is -2.09. The lowest BCUT2D eigenvalue weighted by atomic mass is 10.3. The number of hydrogen-bond donors (Lipinski definition) is 1. The molecule has 0 fully saturated rings. The fraction of sp³-hybridized carbons (Fsp3) is 0.556. The lowest BCUT2D eigenvalue weighted by Gasteiger charge is -2.11. The first-order valence-electron chi connectivity index (χ1n) is 4.31. The van der Waals surface area contributed by atoms with E-state index in [1.54, 1.807) is 13.2 Å². The summed E-state index contributed by atoms with van der Waals surface area (Å²) in [6, 6.07) is 0. The Bertz CT molecular complexity index is 286. The first-order valence-corrected chi connectivity index (χ1v) is 4.31. The molecular weight excluding hydrogens is 166 g/mol. The van der Waals surface area contributed by atoms with Crippen LogP contribution in [0.1, 0.15) is 19.4 Å². The van der Waals surface area contributed by atoms with Crippen molar-refractivity contribution in [3.63, 3.8) is 0 Å². The van der Waals surface area contributed by atoms with E-state index in [4.69, 9.17) is 4.74 Å². The predicted molar refractivity (Wildman–Crippen MR) is 52.1 cm³/mol. The molecule has 0 spiro atoms. The minimum atomic E-state index is 0.137. The fourth-order valence-corrected chi connectivity index (χ4v) is 0.889. The Morgan fingerprint density at radius 1 is 1.46 bits per heavy atom. The molecule has 0 amide bonds. The van der Waals surface area contributed by atoms with Crippen LogP contribution in [0.5, 0.6) is 5.88 Å². The van der Waals surface area contributed by atoms with Crippen molar-refractivity contribution in [2.75, 3.05) is 12.4 Å². The summed E-state index contributed by atoms with van der Waals surface area (Å²) < 4.78 is 5.50. The molecule has 1 aromatic heterocycles. The zero-order valence-electron chi connectivity index (χ0n) is 8.46. The summed E-state index contributed by atoms with van der Waals surface area (Å²) in [6.07, 6.45) is 1.88. The summed E-state index contributed by atoms with van der Waals surface area (Å²) >= 11 is 0. The molecule has 72 valence electrons. The van der Waals surface area contributed by atoms with Gasteiger partial charge in [0.2, 0.25) is 11.8 Å². The van der Waals surface area contributed by atoms with E-state index in [0.717, 1.165) is 5.56 Å². The quantitative estimate of drug-likeness (QED) is 0.769. The van der Waals surface area contributed by atoms with E-state index in [2.05, 4.69) is 15.3 Å². The molecule has 0 unspecified atom stereocenters. The molecule has 4 heteroatoms. The molecule has 4 nitrogen and oxygen atoms in total. The third kappa shape index (κ3) is 2.57. The maximum Gasteiger partial charge on any atom is 0.225 e. The maximum absolute atomic E-state index is 5.50. The summed E-state index contributed by atoms with van der Waals surface area (Å²) in [5, 5.41) is 2.87. The highest BCUT2D eigenvalue weighted by Crippen LogP contribution is 2.15. The molecule has 1 rings (SSSR count). The first kappa shape index (κ1) is 9.77. The highest BCUT2D eigenvalue weighted by molar-refractivity contribution is 5.31.